The van der Waals surface area contributed by atoms with Crippen LogP contribution < -0.4 is 4.90 Å². The van der Waals surface area contributed by atoms with Crippen LogP contribution in [0.4, 0.5) is 10.6 Å². The number of amides is 2. The van der Waals surface area contributed by atoms with Crippen LogP contribution in [-0.4, -0.2) is 73.0 Å². The predicted molar refractivity (Wildman–Crippen MR) is 122 cm³/mol. The molecular weight excluding hydrogens is 464 g/mol. The van der Waals surface area contributed by atoms with Gasteiger partial charge in [-0.1, -0.05) is 13.8 Å². The highest BCUT2D eigenvalue weighted by Crippen LogP contribution is 2.30. The summed E-state index contributed by atoms with van der Waals surface area (Å²) < 4.78 is 2.32. The standard InChI is InChI=1S/C21H31BrN6O3/c1-15(2)6-9-19(29)28(27(20(30)31)21(3,4)5)12-10-25(11-13-28)18-8-7-17-23-14-16(22)26(17)24-18/h7-8,14-15H,6,9-13H2,1-5H3/p+1. The topological polar surface area (TPSA) is 91.0 Å². The molecule has 1 fully saturated rings. The van der Waals surface area contributed by atoms with Crippen LogP contribution in [-0.2, 0) is 4.79 Å². The molecule has 1 saturated heterocycles. The molecular formula is C21H32BrN6O3+. The lowest BCUT2D eigenvalue weighted by molar-refractivity contribution is -0.965. The molecule has 9 nitrogen and oxygen atoms in total. The lowest BCUT2D eigenvalue weighted by atomic mass is 10.0. The van der Waals surface area contributed by atoms with Crippen molar-refractivity contribution in [2.75, 3.05) is 31.1 Å². The van der Waals surface area contributed by atoms with Gasteiger partial charge in [0.2, 0.25) is 0 Å². The van der Waals surface area contributed by atoms with Crippen LogP contribution in [0.15, 0.2) is 22.9 Å². The van der Waals surface area contributed by atoms with Crippen LogP contribution in [0.2, 0.25) is 0 Å². The van der Waals surface area contributed by atoms with E-state index in [1.54, 1.807) is 10.7 Å². The molecule has 2 aromatic heterocycles. The monoisotopic (exact) mass is 495 g/mol. The zero-order valence-corrected chi connectivity index (χ0v) is 20.5. The van der Waals surface area contributed by atoms with Gasteiger partial charge in [0.15, 0.2) is 5.65 Å². The predicted octanol–water partition coefficient (Wildman–Crippen LogP) is 3.78. The largest absolute Gasteiger partial charge is 0.462 e. The highest BCUT2D eigenvalue weighted by atomic mass is 79.9. The third kappa shape index (κ3) is 4.69. The van der Waals surface area contributed by atoms with E-state index >= 15 is 0 Å². The van der Waals surface area contributed by atoms with Gasteiger partial charge < -0.3 is 10.0 Å². The second kappa shape index (κ2) is 8.74. The number of aromatic nitrogens is 3. The highest BCUT2D eigenvalue weighted by molar-refractivity contribution is 9.10. The van der Waals surface area contributed by atoms with Crippen LogP contribution in [0.5, 0.6) is 0 Å². The van der Waals surface area contributed by atoms with Crippen molar-refractivity contribution in [2.24, 2.45) is 5.92 Å². The van der Waals surface area contributed by atoms with Crippen molar-refractivity contribution in [3.8, 4) is 0 Å². The van der Waals surface area contributed by atoms with E-state index in [1.807, 2.05) is 32.9 Å². The molecule has 0 bridgehead atoms. The molecule has 10 heteroatoms. The average Bonchev–Trinajstić information content (AvgIpc) is 3.05. The van der Waals surface area contributed by atoms with Crippen molar-refractivity contribution in [3.05, 3.63) is 22.9 Å². The lowest BCUT2D eigenvalue weighted by Gasteiger charge is -2.50. The maximum atomic E-state index is 13.5. The Morgan fingerprint density at radius 2 is 1.90 bits per heavy atom. The van der Waals surface area contributed by atoms with Crippen LogP contribution in [0.25, 0.3) is 5.65 Å². The summed E-state index contributed by atoms with van der Waals surface area (Å²) in [4.78, 5) is 32.1. The Morgan fingerprint density at radius 1 is 1.26 bits per heavy atom. The van der Waals surface area contributed by atoms with Crippen molar-refractivity contribution >= 4 is 39.4 Å². The molecule has 2 amide bonds. The summed E-state index contributed by atoms with van der Waals surface area (Å²) >= 11 is 3.45. The van der Waals surface area contributed by atoms with Gasteiger partial charge in [0.05, 0.1) is 31.2 Å². The zero-order chi connectivity index (χ0) is 23.0. The van der Waals surface area contributed by atoms with Crippen molar-refractivity contribution in [3.63, 3.8) is 0 Å². The van der Waals surface area contributed by atoms with E-state index < -0.39 is 11.6 Å². The lowest BCUT2D eigenvalue weighted by Crippen LogP contribution is -2.75. The van der Waals surface area contributed by atoms with Crippen LogP contribution in [0.1, 0.15) is 47.5 Å². The minimum Gasteiger partial charge on any atom is -0.462 e. The van der Waals surface area contributed by atoms with E-state index in [9.17, 15) is 14.7 Å². The Balaban J connectivity index is 1.90. The van der Waals surface area contributed by atoms with E-state index in [0.29, 0.717) is 38.5 Å². The molecule has 170 valence electrons. The quantitative estimate of drug-likeness (QED) is 0.648. The first-order valence-electron chi connectivity index (χ1n) is 10.6. The zero-order valence-electron chi connectivity index (χ0n) is 18.9. The third-order valence-corrected chi connectivity index (χ3v) is 6.25. The number of nitrogens with zero attached hydrogens (tertiary/aromatic N) is 6. The van der Waals surface area contributed by atoms with Crippen molar-refractivity contribution in [2.45, 2.75) is 53.0 Å². The number of anilines is 1. The molecule has 0 spiro atoms. The van der Waals surface area contributed by atoms with Gasteiger partial charge in [-0.2, -0.15) is 0 Å². The number of quaternary nitrogens is 1. The van der Waals surface area contributed by atoms with Crippen molar-refractivity contribution in [1.29, 1.82) is 0 Å². The Labute approximate surface area is 191 Å². The molecule has 0 radical (unpaired) electrons. The number of carbonyl (C=O) groups is 2. The second-order valence-corrected chi connectivity index (χ2v) is 10.3. The smallest absolute Gasteiger partial charge is 0.453 e. The van der Waals surface area contributed by atoms with Crippen molar-refractivity contribution in [1.82, 2.24) is 19.6 Å². The Hall–Kier alpha value is -2.20. The number of rotatable bonds is 4. The summed E-state index contributed by atoms with van der Waals surface area (Å²) in [6, 6.07) is 3.81. The molecule has 3 heterocycles. The summed E-state index contributed by atoms with van der Waals surface area (Å²) in [6.45, 7) is 11.5. The Morgan fingerprint density at radius 3 is 2.45 bits per heavy atom. The van der Waals surface area contributed by atoms with E-state index in [-0.39, 0.29) is 10.5 Å². The molecule has 31 heavy (non-hydrogen) atoms. The van der Waals surface area contributed by atoms with Gasteiger partial charge >= 0.3 is 12.0 Å². The van der Waals surface area contributed by atoms with Crippen LogP contribution in [0, 0.1) is 5.92 Å². The number of piperazine rings is 1. The summed E-state index contributed by atoms with van der Waals surface area (Å²) in [5.74, 6) is 1.12. The molecule has 1 aliphatic rings. The Kier molecular flexibility index (Phi) is 6.61. The fourth-order valence-corrected chi connectivity index (χ4v) is 4.60. The number of carboxylic acid groups (broad SMARTS) is 1. The fraction of sp³-hybridized carbons (Fsp3) is 0.619. The van der Waals surface area contributed by atoms with Gasteiger partial charge in [0.25, 0.3) is 0 Å². The van der Waals surface area contributed by atoms with Gasteiger partial charge in [-0.05, 0) is 61.2 Å². The van der Waals surface area contributed by atoms with E-state index in [2.05, 4.69) is 44.8 Å². The number of hydrogen-bond donors (Lipinski definition) is 1. The summed E-state index contributed by atoms with van der Waals surface area (Å²) in [5.41, 5.74) is 0.0340. The van der Waals surface area contributed by atoms with Gasteiger partial charge in [0, 0.05) is 0 Å². The maximum Gasteiger partial charge on any atom is 0.453 e. The van der Waals surface area contributed by atoms with Crippen LogP contribution in [0.3, 0.4) is 0 Å². The summed E-state index contributed by atoms with van der Waals surface area (Å²) in [5, 5.41) is 16.1. The number of imidazole rings is 1. The van der Waals surface area contributed by atoms with Gasteiger partial charge in [-0.25, -0.2) is 19.1 Å². The number of fused-ring (bicyclic) bond motifs is 1. The fourth-order valence-electron chi connectivity index (χ4n) is 4.24. The molecule has 0 aromatic carbocycles. The molecule has 0 atom stereocenters. The number of hydrogen-bond acceptors (Lipinski definition) is 5. The molecule has 0 aliphatic carbocycles. The van der Waals surface area contributed by atoms with Crippen molar-refractivity contribution < 1.29 is 19.3 Å². The summed E-state index contributed by atoms with van der Waals surface area (Å²) in [7, 11) is 0. The highest BCUT2D eigenvalue weighted by Gasteiger charge is 2.52. The number of halogens is 1. The first kappa shape index (κ1) is 23.5. The minimum absolute atomic E-state index is 0.0357. The molecule has 2 aromatic rings. The molecule has 1 N–H and O–H groups in total. The van der Waals surface area contributed by atoms with E-state index in [4.69, 9.17) is 0 Å². The van der Waals surface area contributed by atoms with Gasteiger partial charge in [0.1, 0.15) is 23.5 Å². The van der Waals surface area contributed by atoms with Crippen LogP contribution >= 0.6 is 15.9 Å². The third-order valence-electron chi connectivity index (χ3n) is 5.71. The Bertz CT molecular complexity index is 960. The average molecular weight is 496 g/mol. The van der Waals surface area contributed by atoms with Gasteiger partial charge in [-0.15, -0.1) is 14.7 Å². The molecule has 1 aliphatic heterocycles. The second-order valence-electron chi connectivity index (χ2n) is 9.49. The maximum absolute atomic E-state index is 13.5. The first-order chi connectivity index (χ1) is 14.5. The van der Waals surface area contributed by atoms with Gasteiger partial charge in [-0.3, -0.25) is 0 Å². The summed E-state index contributed by atoms with van der Waals surface area (Å²) in [6.07, 6.45) is 1.74. The van der Waals surface area contributed by atoms with E-state index in [1.165, 1.54) is 5.01 Å². The molecule has 3 rings (SSSR count). The first-order valence-corrected chi connectivity index (χ1v) is 11.4. The molecule has 0 unspecified atom stereocenters. The SMILES string of the molecule is CC(C)CCC(=O)[N+]1(N(C(=O)O)C(C)(C)C)CCN(c2ccc3ncc(Br)n3n2)CC1. The minimum atomic E-state index is -1.07. The van der Waals surface area contributed by atoms with E-state index in [0.717, 1.165) is 22.5 Å². The molecule has 0 saturated carbocycles. The normalized spacial score (nSPS) is 16.7. The number of carbonyl (C=O) groups excluding carboxylic acids is 1.